The molecule has 1 N–H and O–H groups in total. The average Bonchev–Trinajstić information content (AvgIpc) is 3.27. The standard InChI is InChI=1S/C19H23N3O2/c23-18-15-7-3-4-8-16(15)20-21-17(18)19(24)22-10-9-14(12-22)11-13-5-1-2-6-13/h3-4,7-8,13-14H,1-2,5-6,9-12H2,(H,20,23). The second kappa shape index (κ2) is 6.38. The smallest absolute Gasteiger partial charge is 0.278 e. The van der Waals surface area contributed by atoms with Crippen molar-refractivity contribution < 1.29 is 4.79 Å². The number of aromatic nitrogens is 2. The van der Waals surface area contributed by atoms with Crippen LogP contribution in [0.15, 0.2) is 29.1 Å². The van der Waals surface area contributed by atoms with Crippen molar-refractivity contribution >= 4 is 16.8 Å². The van der Waals surface area contributed by atoms with E-state index in [1.54, 1.807) is 18.2 Å². The van der Waals surface area contributed by atoms with Crippen LogP contribution in [-0.2, 0) is 0 Å². The molecule has 2 aliphatic rings. The van der Waals surface area contributed by atoms with Gasteiger partial charge in [0.15, 0.2) is 5.69 Å². The fourth-order valence-corrected chi connectivity index (χ4v) is 4.29. The molecule has 1 aromatic carbocycles. The summed E-state index contributed by atoms with van der Waals surface area (Å²) in [6.45, 7) is 1.51. The lowest BCUT2D eigenvalue weighted by Crippen LogP contribution is -2.34. The van der Waals surface area contributed by atoms with Crippen LogP contribution >= 0.6 is 0 Å². The van der Waals surface area contributed by atoms with Crippen LogP contribution in [0, 0.1) is 11.8 Å². The Morgan fingerprint density at radius 3 is 2.79 bits per heavy atom. The predicted octanol–water partition coefficient (Wildman–Crippen LogP) is 2.97. The van der Waals surface area contributed by atoms with Crippen molar-refractivity contribution in [1.29, 1.82) is 0 Å². The van der Waals surface area contributed by atoms with Crippen molar-refractivity contribution in [3.05, 3.63) is 40.2 Å². The van der Waals surface area contributed by atoms with E-state index >= 15 is 0 Å². The Morgan fingerprint density at radius 2 is 1.96 bits per heavy atom. The quantitative estimate of drug-likeness (QED) is 0.943. The number of fused-ring (bicyclic) bond motifs is 1. The number of carbonyl (C=O) groups is 1. The fourth-order valence-electron chi connectivity index (χ4n) is 4.29. The number of carbonyl (C=O) groups excluding carboxylic acids is 1. The number of likely N-dealkylation sites (tertiary alicyclic amines) is 1. The molecule has 2 heterocycles. The highest BCUT2D eigenvalue weighted by Crippen LogP contribution is 2.33. The van der Waals surface area contributed by atoms with Crippen LogP contribution in [0.2, 0.25) is 0 Å². The zero-order valence-corrected chi connectivity index (χ0v) is 13.8. The molecule has 1 amide bonds. The van der Waals surface area contributed by atoms with Crippen LogP contribution in [0.1, 0.15) is 49.0 Å². The van der Waals surface area contributed by atoms with Crippen molar-refractivity contribution in [3.63, 3.8) is 0 Å². The number of benzene rings is 1. The van der Waals surface area contributed by atoms with E-state index in [0.717, 1.165) is 25.4 Å². The first-order valence-electron chi connectivity index (χ1n) is 8.99. The number of nitrogens with zero attached hydrogens (tertiary/aromatic N) is 2. The molecule has 1 aliphatic heterocycles. The monoisotopic (exact) mass is 325 g/mol. The third-order valence-corrected chi connectivity index (χ3v) is 5.59. The average molecular weight is 325 g/mol. The highest BCUT2D eigenvalue weighted by molar-refractivity contribution is 5.95. The van der Waals surface area contributed by atoms with Gasteiger partial charge in [-0.15, -0.1) is 0 Å². The van der Waals surface area contributed by atoms with E-state index in [-0.39, 0.29) is 17.0 Å². The molecule has 5 heteroatoms. The van der Waals surface area contributed by atoms with Gasteiger partial charge >= 0.3 is 0 Å². The van der Waals surface area contributed by atoms with E-state index in [4.69, 9.17) is 0 Å². The number of nitrogens with one attached hydrogen (secondary N) is 1. The Morgan fingerprint density at radius 1 is 1.17 bits per heavy atom. The van der Waals surface area contributed by atoms with E-state index in [9.17, 15) is 9.59 Å². The molecule has 2 aromatic rings. The number of amides is 1. The van der Waals surface area contributed by atoms with Gasteiger partial charge < -0.3 is 4.90 Å². The van der Waals surface area contributed by atoms with Crippen LogP contribution in [0.25, 0.3) is 10.9 Å². The summed E-state index contributed by atoms with van der Waals surface area (Å²) < 4.78 is 0. The first-order chi connectivity index (χ1) is 11.7. The largest absolute Gasteiger partial charge is 0.337 e. The van der Waals surface area contributed by atoms with E-state index < -0.39 is 0 Å². The summed E-state index contributed by atoms with van der Waals surface area (Å²) in [6.07, 6.45) is 7.68. The SMILES string of the molecule is O=C(c1n[nH]c2ccccc2c1=O)N1CCC(CC2CCCC2)C1. The highest BCUT2D eigenvalue weighted by Gasteiger charge is 2.31. The number of para-hydroxylation sites is 1. The van der Waals surface area contributed by atoms with E-state index in [1.807, 2.05) is 11.0 Å². The lowest BCUT2D eigenvalue weighted by atomic mass is 9.93. The van der Waals surface area contributed by atoms with Crippen molar-refractivity contribution in [2.75, 3.05) is 13.1 Å². The lowest BCUT2D eigenvalue weighted by molar-refractivity contribution is 0.0777. The molecule has 0 bridgehead atoms. The normalized spacial score (nSPS) is 21.7. The molecular weight excluding hydrogens is 302 g/mol. The minimum Gasteiger partial charge on any atom is -0.337 e. The van der Waals surface area contributed by atoms with Gasteiger partial charge in [0.2, 0.25) is 5.43 Å². The van der Waals surface area contributed by atoms with Gasteiger partial charge in [-0.1, -0.05) is 37.8 Å². The maximum absolute atomic E-state index is 12.7. The van der Waals surface area contributed by atoms with Crippen LogP contribution in [0.4, 0.5) is 0 Å². The Labute approximate surface area is 141 Å². The van der Waals surface area contributed by atoms with Gasteiger partial charge in [-0.2, -0.15) is 5.10 Å². The van der Waals surface area contributed by atoms with E-state index in [0.29, 0.717) is 16.8 Å². The first kappa shape index (κ1) is 15.4. The zero-order valence-electron chi connectivity index (χ0n) is 13.8. The van der Waals surface area contributed by atoms with Crippen molar-refractivity contribution in [2.45, 2.75) is 38.5 Å². The molecule has 1 saturated heterocycles. The molecule has 1 saturated carbocycles. The van der Waals surface area contributed by atoms with Crippen LogP contribution < -0.4 is 5.43 Å². The Hall–Kier alpha value is -2.17. The third kappa shape index (κ3) is 2.83. The van der Waals surface area contributed by atoms with Gasteiger partial charge in [-0.05, 0) is 36.8 Å². The first-order valence-corrected chi connectivity index (χ1v) is 8.99. The molecule has 126 valence electrons. The molecule has 1 unspecified atom stereocenters. The molecular formula is C19H23N3O2. The number of aromatic amines is 1. The maximum Gasteiger partial charge on any atom is 0.278 e. The molecule has 1 aromatic heterocycles. The summed E-state index contributed by atoms with van der Waals surface area (Å²) in [6, 6.07) is 7.18. The topological polar surface area (TPSA) is 66.1 Å². The summed E-state index contributed by atoms with van der Waals surface area (Å²) in [7, 11) is 0. The van der Waals surface area contributed by atoms with E-state index in [1.165, 1.54) is 32.1 Å². The summed E-state index contributed by atoms with van der Waals surface area (Å²) >= 11 is 0. The van der Waals surface area contributed by atoms with Crippen LogP contribution in [0.5, 0.6) is 0 Å². The van der Waals surface area contributed by atoms with Crippen molar-refractivity contribution in [2.24, 2.45) is 11.8 Å². The summed E-state index contributed by atoms with van der Waals surface area (Å²) in [4.78, 5) is 27.1. The molecule has 24 heavy (non-hydrogen) atoms. The Balaban J connectivity index is 1.50. The molecule has 4 rings (SSSR count). The fraction of sp³-hybridized carbons (Fsp3) is 0.526. The summed E-state index contributed by atoms with van der Waals surface area (Å²) in [5, 5.41) is 7.41. The lowest BCUT2D eigenvalue weighted by Gasteiger charge is -2.17. The minimum atomic E-state index is -0.270. The molecule has 1 atom stereocenters. The Kier molecular flexibility index (Phi) is 4.08. The Bertz CT molecular complexity index is 808. The van der Waals surface area contributed by atoms with E-state index in [2.05, 4.69) is 10.2 Å². The number of H-pyrrole nitrogens is 1. The van der Waals surface area contributed by atoms with Gasteiger partial charge in [0, 0.05) is 18.5 Å². The number of hydrogen-bond donors (Lipinski definition) is 1. The van der Waals surface area contributed by atoms with Gasteiger partial charge in [0.25, 0.3) is 5.91 Å². The van der Waals surface area contributed by atoms with Gasteiger partial charge in [-0.25, -0.2) is 0 Å². The third-order valence-electron chi connectivity index (χ3n) is 5.59. The highest BCUT2D eigenvalue weighted by atomic mass is 16.2. The van der Waals surface area contributed by atoms with Gasteiger partial charge in [-0.3, -0.25) is 14.7 Å². The minimum absolute atomic E-state index is 0.0233. The van der Waals surface area contributed by atoms with Gasteiger partial charge in [0.1, 0.15) is 0 Å². The number of rotatable bonds is 3. The van der Waals surface area contributed by atoms with Crippen molar-refractivity contribution in [3.8, 4) is 0 Å². The zero-order chi connectivity index (χ0) is 16.5. The number of hydrogen-bond acceptors (Lipinski definition) is 3. The van der Waals surface area contributed by atoms with Crippen LogP contribution in [-0.4, -0.2) is 34.1 Å². The van der Waals surface area contributed by atoms with Crippen LogP contribution in [0.3, 0.4) is 0 Å². The second-order valence-electron chi connectivity index (χ2n) is 7.24. The molecule has 0 spiro atoms. The second-order valence-corrected chi connectivity index (χ2v) is 7.24. The molecule has 1 aliphatic carbocycles. The predicted molar refractivity (Wildman–Crippen MR) is 92.9 cm³/mol. The summed E-state index contributed by atoms with van der Waals surface area (Å²) in [5.41, 5.74) is 0.420. The van der Waals surface area contributed by atoms with Crippen molar-refractivity contribution in [1.82, 2.24) is 15.1 Å². The van der Waals surface area contributed by atoms with Gasteiger partial charge in [0.05, 0.1) is 5.52 Å². The molecule has 2 fully saturated rings. The molecule has 5 nitrogen and oxygen atoms in total. The summed E-state index contributed by atoms with van der Waals surface area (Å²) in [5.74, 6) is 1.19. The molecule has 0 radical (unpaired) electrons. The maximum atomic E-state index is 12.7.